The van der Waals surface area contributed by atoms with E-state index in [9.17, 15) is 9.59 Å². The van der Waals surface area contributed by atoms with Crippen LogP contribution in [-0.4, -0.2) is 66.2 Å². The lowest BCUT2D eigenvalue weighted by Gasteiger charge is -2.54. The Bertz CT molecular complexity index is 392. The van der Waals surface area contributed by atoms with E-state index in [1.165, 1.54) is 0 Å². The summed E-state index contributed by atoms with van der Waals surface area (Å²) in [7, 11) is 1.90. The molecule has 3 rings (SSSR count). The van der Waals surface area contributed by atoms with E-state index in [4.69, 9.17) is 4.74 Å². The number of amides is 2. The van der Waals surface area contributed by atoms with Gasteiger partial charge in [-0.1, -0.05) is 0 Å². The van der Waals surface area contributed by atoms with Crippen molar-refractivity contribution in [3.8, 4) is 0 Å². The molecule has 2 amide bonds. The van der Waals surface area contributed by atoms with Crippen LogP contribution in [0.25, 0.3) is 0 Å². The number of piperazine rings is 1. The molecule has 1 N–H and O–H groups in total. The molecule has 0 saturated carbocycles. The second-order valence-electron chi connectivity index (χ2n) is 6.53. The van der Waals surface area contributed by atoms with Gasteiger partial charge in [-0.25, -0.2) is 4.79 Å². The molecule has 2 bridgehead atoms. The molecule has 20 heavy (non-hydrogen) atoms. The summed E-state index contributed by atoms with van der Waals surface area (Å²) >= 11 is 0. The molecule has 0 spiro atoms. The van der Waals surface area contributed by atoms with Crippen LogP contribution in [-0.2, 0) is 9.53 Å². The number of fused-ring (bicyclic) bond motifs is 2. The Morgan fingerprint density at radius 3 is 2.70 bits per heavy atom. The third kappa shape index (κ3) is 3.06. The van der Waals surface area contributed by atoms with E-state index in [-0.39, 0.29) is 24.1 Å². The minimum atomic E-state index is -0.517. The minimum Gasteiger partial charge on any atom is -0.444 e. The monoisotopic (exact) mass is 283 g/mol. The summed E-state index contributed by atoms with van der Waals surface area (Å²) in [5.74, 6) is 0.0643. The molecule has 0 radical (unpaired) electrons. The molecule has 114 valence electrons. The van der Waals surface area contributed by atoms with Crippen molar-refractivity contribution >= 4 is 12.0 Å². The van der Waals surface area contributed by atoms with E-state index in [1.54, 1.807) is 4.90 Å². The Labute approximate surface area is 120 Å². The number of hydrogen-bond donors (Lipinski definition) is 1. The zero-order chi connectivity index (χ0) is 14.9. The number of carbonyl (C=O) groups is 2. The molecule has 2 atom stereocenters. The van der Waals surface area contributed by atoms with Gasteiger partial charge in [0.25, 0.3) is 0 Å². The van der Waals surface area contributed by atoms with Crippen molar-refractivity contribution in [2.24, 2.45) is 0 Å². The summed E-state index contributed by atoms with van der Waals surface area (Å²) in [6.07, 6.45) is 1.36. The molecule has 3 aliphatic rings. The summed E-state index contributed by atoms with van der Waals surface area (Å²) in [4.78, 5) is 27.9. The molecule has 0 aromatic rings. The summed E-state index contributed by atoms with van der Waals surface area (Å²) in [5.41, 5.74) is -0.517. The van der Waals surface area contributed by atoms with E-state index < -0.39 is 5.60 Å². The van der Waals surface area contributed by atoms with Crippen molar-refractivity contribution in [3.63, 3.8) is 0 Å². The fourth-order valence-corrected chi connectivity index (χ4v) is 2.78. The normalized spacial score (nSPS) is 25.5. The van der Waals surface area contributed by atoms with E-state index in [2.05, 4.69) is 5.32 Å². The van der Waals surface area contributed by atoms with E-state index in [1.807, 2.05) is 32.7 Å². The van der Waals surface area contributed by atoms with Crippen molar-refractivity contribution in [1.82, 2.24) is 15.1 Å². The number of rotatable bonds is 4. The zero-order valence-electron chi connectivity index (χ0n) is 12.8. The molecular formula is C14H25N3O3. The quantitative estimate of drug-likeness (QED) is 0.776. The van der Waals surface area contributed by atoms with Crippen LogP contribution in [0, 0.1) is 0 Å². The lowest BCUT2D eigenvalue weighted by molar-refractivity contribution is -0.157. The van der Waals surface area contributed by atoms with Crippen LogP contribution < -0.4 is 5.32 Å². The van der Waals surface area contributed by atoms with Crippen molar-refractivity contribution < 1.29 is 14.3 Å². The Morgan fingerprint density at radius 1 is 1.45 bits per heavy atom. The summed E-state index contributed by atoms with van der Waals surface area (Å²) in [6, 6.07) is -0.180. The predicted molar refractivity (Wildman–Crippen MR) is 75.4 cm³/mol. The fraction of sp³-hybridized carbons (Fsp3) is 0.857. The molecule has 3 saturated heterocycles. The van der Waals surface area contributed by atoms with Gasteiger partial charge in [-0.3, -0.25) is 9.69 Å². The van der Waals surface area contributed by atoms with Crippen LogP contribution in [0.15, 0.2) is 0 Å². The van der Waals surface area contributed by atoms with Crippen LogP contribution in [0.4, 0.5) is 4.79 Å². The van der Waals surface area contributed by atoms with Gasteiger partial charge in [0, 0.05) is 13.1 Å². The summed E-state index contributed by atoms with van der Waals surface area (Å²) in [5, 5.41) is 3.07. The predicted octanol–water partition coefficient (Wildman–Crippen LogP) is 0.816. The van der Waals surface area contributed by atoms with Gasteiger partial charge in [-0.2, -0.15) is 0 Å². The molecule has 3 heterocycles. The topological polar surface area (TPSA) is 61.9 Å². The average Bonchev–Trinajstić information content (AvgIpc) is 2.27. The Balaban J connectivity index is 1.90. The Morgan fingerprint density at radius 2 is 2.15 bits per heavy atom. The molecule has 0 aromatic heterocycles. The maximum absolute atomic E-state index is 12.3. The number of carbonyl (C=O) groups excluding carboxylic acids is 2. The molecule has 6 heteroatoms. The summed E-state index contributed by atoms with van der Waals surface area (Å²) < 4.78 is 5.37. The largest absolute Gasteiger partial charge is 0.444 e. The Kier molecular flexibility index (Phi) is 4.22. The smallest absolute Gasteiger partial charge is 0.411 e. The van der Waals surface area contributed by atoms with Crippen LogP contribution in [0.2, 0.25) is 0 Å². The molecule has 0 aliphatic carbocycles. The van der Waals surface area contributed by atoms with Crippen LogP contribution in [0.3, 0.4) is 0 Å². The van der Waals surface area contributed by atoms with Gasteiger partial charge < -0.3 is 15.0 Å². The molecule has 3 aliphatic heterocycles. The second kappa shape index (κ2) is 5.60. The molecule has 3 fully saturated rings. The maximum atomic E-state index is 12.3. The van der Waals surface area contributed by atoms with Crippen LogP contribution >= 0.6 is 0 Å². The highest BCUT2D eigenvalue weighted by Crippen LogP contribution is 2.34. The van der Waals surface area contributed by atoms with Crippen molar-refractivity contribution in [2.75, 3.05) is 26.7 Å². The van der Waals surface area contributed by atoms with Crippen molar-refractivity contribution in [1.29, 1.82) is 0 Å². The highest BCUT2D eigenvalue weighted by atomic mass is 16.6. The van der Waals surface area contributed by atoms with Gasteiger partial charge in [0.05, 0.1) is 6.04 Å². The van der Waals surface area contributed by atoms with Gasteiger partial charge in [-0.05, 0) is 47.2 Å². The molecular weight excluding hydrogens is 258 g/mol. The molecule has 6 nitrogen and oxygen atoms in total. The number of hydrogen-bond acceptors (Lipinski definition) is 4. The standard InChI is InChI=1S/C14H25N3O3/c1-14(2,3)20-13(19)17-10-8-11(17)12(18)16(9-10)7-5-6-15-4/h10-11,15H,5-9H2,1-4H3. The lowest BCUT2D eigenvalue weighted by atomic mass is 9.87. The number of piperidine rings is 1. The first-order valence-electron chi connectivity index (χ1n) is 7.28. The highest BCUT2D eigenvalue weighted by molar-refractivity contribution is 5.89. The van der Waals surface area contributed by atoms with Crippen LogP contribution in [0.1, 0.15) is 33.6 Å². The van der Waals surface area contributed by atoms with Crippen LogP contribution in [0.5, 0.6) is 0 Å². The number of ether oxygens (including phenoxy) is 1. The lowest BCUT2D eigenvalue weighted by Crippen LogP contribution is -2.73. The Hall–Kier alpha value is -1.30. The first-order chi connectivity index (χ1) is 9.33. The highest BCUT2D eigenvalue weighted by Gasteiger charge is 2.53. The third-order valence-electron chi connectivity index (χ3n) is 3.71. The first kappa shape index (κ1) is 15.1. The van der Waals surface area contributed by atoms with E-state index in [0.29, 0.717) is 6.54 Å². The van der Waals surface area contributed by atoms with Gasteiger partial charge in [0.2, 0.25) is 5.91 Å². The minimum absolute atomic E-state index is 0.0643. The molecule has 0 aromatic carbocycles. The first-order valence-corrected chi connectivity index (χ1v) is 7.28. The van der Waals surface area contributed by atoms with Crippen molar-refractivity contribution in [2.45, 2.75) is 51.3 Å². The number of nitrogens with one attached hydrogen (secondary N) is 1. The van der Waals surface area contributed by atoms with Gasteiger partial charge >= 0.3 is 6.09 Å². The molecule has 2 unspecified atom stereocenters. The fourth-order valence-electron chi connectivity index (χ4n) is 2.78. The number of nitrogens with zero attached hydrogens (tertiary/aromatic N) is 2. The third-order valence-corrected chi connectivity index (χ3v) is 3.71. The SMILES string of the molecule is CNCCCN1CC2CC(C1=O)N2C(=O)OC(C)(C)C. The zero-order valence-corrected chi connectivity index (χ0v) is 12.8. The summed E-state index contributed by atoms with van der Waals surface area (Å²) in [6.45, 7) is 7.81. The average molecular weight is 283 g/mol. The van der Waals surface area contributed by atoms with E-state index >= 15 is 0 Å². The van der Waals surface area contributed by atoms with Crippen molar-refractivity contribution in [3.05, 3.63) is 0 Å². The maximum Gasteiger partial charge on any atom is 0.411 e. The van der Waals surface area contributed by atoms with E-state index in [0.717, 1.165) is 25.9 Å². The van der Waals surface area contributed by atoms with Gasteiger partial charge in [0.15, 0.2) is 0 Å². The second-order valence-corrected chi connectivity index (χ2v) is 6.53. The van der Waals surface area contributed by atoms with Gasteiger partial charge in [-0.15, -0.1) is 0 Å². The van der Waals surface area contributed by atoms with Gasteiger partial charge in [0.1, 0.15) is 11.6 Å².